The number of carbonyl (C=O) groups excluding carboxylic acids is 2. The number of Topliss-reactive ketones (excluding diaryl/α,β-unsaturated/α-hetero) is 1. The van der Waals surface area contributed by atoms with Gasteiger partial charge in [0.25, 0.3) is 11.7 Å². The molecule has 1 N–H and O–H groups in total. The first-order valence-electron chi connectivity index (χ1n) is 9.38. The lowest BCUT2D eigenvalue weighted by Gasteiger charge is -2.24. The van der Waals surface area contributed by atoms with E-state index in [-0.39, 0.29) is 17.9 Å². The standard InChI is InChI=1S/C23H22ClNO5/c1-4-12-25-20(14-6-9-16(29-3)10-7-14)19(22(27)23(25)28)21(26)15-8-11-18(30-5-2)17(24)13-15/h4,6-11,13,20,26H,1,5,12H2,2-3H3/b21-19+. The molecule has 1 saturated heterocycles. The van der Waals surface area contributed by atoms with Crippen LogP contribution in [0.5, 0.6) is 11.5 Å². The summed E-state index contributed by atoms with van der Waals surface area (Å²) >= 11 is 6.24. The fourth-order valence-corrected chi connectivity index (χ4v) is 3.65. The van der Waals surface area contributed by atoms with Gasteiger partial charge in [-0.1, -0.05) is 29.8 Å². The zero-order valence-electron chi connectivity index (χ0n) is 16.7. The predicted octanol–water partition coefficient (Wildman–Crippen LogP) is 4.36. The number of benzene rings is 2. The quantitative estimate of drug-likeness (QED) is 0.307. The van der Waals surface area contributed by atoms with Gasteiger partial charge in [0.2, 0.25) is 0 Å². The Morgan fingerprint density at radius 3 is 2.50 bits per heavy atom. The van der Waals surface area contributed by atoms with Gasteiger partial charge in [0.05, 0.1) is 30.4 Å². The Labute approximate surface area is 180 Å². The topological polar surface area (TPSA) is 76.1 Å². The normalized spacial score (nSPS) is 17.8. The second kappa shape index (κ2) is 9.05. The van der Waals surface area contributed by atoms with Crippen LogP contribution in [0.25, 0.3) is 5.76 Å². The number of aliphatic hydroxyl groups is 1. The molecule has 6 nitrogen and oxygen atoms in total. The number of carbonyl (C=O) groups is 2. The van der Waals surface area contributed by atoms with Crippen LogP contribution in [0.1, 0.15) is 24.1 Å². The summed E-state index contributed by atoms with van der Waals surface area (Å²) in [7, 11) is 1.55. The molecule has 1 heterocycles. The minimum atomic E-state index is -0.765. The number of nitrogens with zero attached hydrogens (tertiary/aromatic N) is 1. The minimum Gasteiger partial charge on any atom is -0.507 e. The predicted molar refractivity (Wildman–Crippen MR) is 115 cm³/mol. The molecule has 7 heteroatoms. The molecular formula is C23H22ClNO5. The summed E-state index contributed by atoms with van der Waals surface area (Å²) in [4.78, 5) is 26.9. The molecule has 2 aromatic carbocycles. The number of methoxy groups -OCH3 is 1. The molecule has 0 bridgehead atoms. The lowest BCUT2D eigenvalue weighted by Crippen LogP contribution is -2.29. The first kappa shape index (κ1) is 21.5. The summed E-state index contributed by atoms with van der Waals surface area (Å²) in [6, 6.07) is 10.9. The molecule has 0 radical (unpaired) electrons. The van der Waals surface area contributed by atoms with E-state index >= 15 is 0 Å². The van der Waals surface area contributed by atoms with E-state index in [1.165, 1.54) is 17.0 Å². The van der Waals surface area contributed by atoms with E-state index in [1.54, 1.807) is 43.5 Å². The zero-order chi connectivity index (χ0) is 21.8. The highest BCUT2D eigenvalue weighted by Crippen LogP contribution is 2.40. The van der Waals surface area contributed by atoms with Gasteiger partial charge in [-0.15, -0.1) is 6.58 Å². The number of aliphatic hydroxyl groups excluding tert-OH is 1. The molecular weight excluding hydrogens is 406 g/mol. The first-order valence-corrected chi connectivity index (χ1v) is 9.76. The van der Waals surface area contributed by atoms with Gasteiger partial charge >= 0.3 is 0 Å². The average Bonchev–Trinajstić information content (AvgIpc) is 3.00. The van der Waals surface area contributed by atoms with Gasteiger partial charge in [0.1, 0.15) is 17.3 Å². The summed E-state index contributed by atoms with van der Waals surface area (Å²) in [5, 5.41) is 11.3. The highest BCUT2D eigenvalue weighted by atomic mass is 35.5. The Morgan fingerprint density at radius 1 is 1.23 bits per heavy atom. The first-order chi connectivity index (χ1) is 14.4. The van der Waals surface area contributed by atoms with E-state index in [2.05, 4.69) is 6.58 Å². The van der Waals surface area contributed by atoms with Crippen molar-refractivity contribution in [3.63, 3.8) is 0 Å². The number of amides is 1. The van der Waals surface area contributed by atoms with Crippen LogP contribution < -0.4 is 9.47 Å². The Bertz CT molecular complexity index is 1010. The molecule has 1 aliphatic rings. The number of ether oxygens (including phenoxy) is 2. The Kier molecular flexibility index (Phi) is 6.47. The second-order valence-electron chi connectivity index (χ2n) is 6.59. The van der Waals surface area contributed by atoms with Crippen molar-refractivity contribution in [3.8, 4) is 11.5 Å². The van der Waals surface area contributed by atoms with E-state index < -0.39 is 17.7 Å². The van der Waals surface area contributed by atoms with E-state index in [0.717, 1.165) is 0 Å². The smallest absolute Gasteiger partial charge is 0.295 e. The number of halogens is 1. The Hall–Kier alpha value is -3.25. The number of hydrogen-bond acceptors (Lipinski definition) is 5. The van der Waals surface area contributed by atoms with Gasteiger partial charge in [0, 0.05) is 12.1 Å². The maximum Gasteiger partial charge on any atom is 0.295 e. The molecule has 0 saturated carbocycles. The van der Waals surface area contributed by atoms with Crippen LogP contribution >= 0.6 is 11.6 Å². The number of ketones is 1. The third-order valence-electron chi connectivity index (χ3n) is 4.80. The molecule has 1 atom stereocenters. The molecule has 156 valence electrons. The molecule has 0 aliphatic carbocycles. The third-order valence-corrected chi connectivity index (χ3v) is 5.10. The Balaban J connectivity index is 2.14. The molecule has 1 aliphatic heterocycles. The molecule has 30 heavy (non-hydrogen) atoms. The van der Waals surface area contributed by atoms with Gasteiger partial charge < -0.3 is 19.5 Å². The van der Waals surface area contributed by atoms with E-state index in [4.69, 9.17) is 21.1 Å². The zero-order valence-corrected chi connectivity index (χ0v) is 17.5. The lowest BCUT2D eigenvalue weighted by molar-refractivity contribution is -0.139. The van der Waals surface area contributed by atoms with E-state index in [1.807, 2.05) is 6.92 Å². The van der Waals surface area contributed by atoms with Crippen LogP contribution in [-0.4, -0.2) is 42.0 Å². The summed E-state index contributed by atoms with van der Waals surface area (Å²) < 4.78 is 10.6. The van der Waals surface area contributed by atoms with Gasteiger partial charge in [0.15, 0.2) is 0 Å². The van der Waals surface area contributed by atoms with Gasteiger partial charge in [-0.2, -0.15) is 0 Å². The molecule has 0 spiro atoms. The number of rotatable bonds is 7. The molecule has 2 aromatic rings. The van der Waals surface area contributed by atoms with Crippen LogP contribution in [0.2, 0.25) is 5.02 Å². The van der Waals surface area contributed by atoms with Gasteiger partial charge in [-0.25, -0.2) is 0 Å². The summed E-state index contributed by atoms with van der Waals surface area (Å²) in [6.45, 7) is 6.10. The average molecular weight is 428 g/mol. The highest BCUT2D eigenvalue weighted by molar-refractivity contribution is 6.46. The van der Waals surface area contributed by atoms with Crippen molar-refractivity contribution in [2.75, 3.05) is 20.3 Å². The van der Waals surface area contributed by atoms with Crippen molar-refractivity contribution < 1.29 is 24.2 Å². The second-order valence-corrected chi connectivity index (χ2v) is 7.00. The van der Waals surface area contributed by atoms with Crippen molar-refractivity contribution >= 4 is 29.1 Å². The summed E-state index contributed by atoms with van der Waals surface area (Å²) in [6.07, 6.45) is 1.54. The molecule has 3 rings (SSSR count). The van der Waals surface area contributed by atoms with Crippen LogP contribution in [0, 0.1) is 0 Å². The van der Waals surface area contributed by atoms with Crippen molar-refractivity contribution in [1.82, 2.24) is 4.90 Å². The molecule has 1 fully saturated rings. The SMILES string of the molecule is C=CCN1C(=O)C(=O)/C(=C(/O)c2ccc(OCC)c(Cl)c2)C1c1ccc(OC)cc1. The highest BCUT2D eigenvalue weighted by Gasteiger charge is 2.45. The summed E-state index contributed by atoms with van der Waals surface area (Å²) in [5.41, 5.74) is 0.973. The lowest BCUT2D eigenvalue weighted by atomic mass is 9.95. The van der Waals surface area contributed by atoms with Crippen molar-refractivity contribution in [2.45, 2.75) is 13.0 Å². The van der Waals surface area contributed by atoms with Gasteiger partial charge in [-0.3, -0.25) is 9.59 Å². The van der Waals surface area contributed by atoms with Crippen LogP contribution in [0.4, 0.5) is 0 Å². The Morgan fingerprint density at radius 2 is 1.93 bits per heavy atom. The molecule has 1 unspecified atom stereocenters. The summed E-state index contributed by atoms with van der Waals surface area (Å²) in [5.74, 6) is -0.660. The maximum atomic E-state index is 12.8. The largest absolute Gasteiger partial charge is 0.507 e. The molecule has 0 aromatic heterocycles. The van der Waals surface area contributed by atoms with E-state index in [0.29, 0.717) is 34.3 Å². The minimum absolute atomic E-state index is 0.00718. The monoisotopic (exact) mass is 427 g/mol. The molecule has 1 amide bonds. The van der Waals surface area contributed by atoms with Crippen molar-refractivity contribution in [3.05, 3.63) is 76.8 Å². The fourth-order valence-electron chi connectivity index (χ4n) is 3.42. The van der Waals surface area contributed by atoms with Gasteiger partial charge in [-0.05, 0) is 42.8 Å². The van der Waals surface area contributed by atoms with Crippen molar-refractivity contribution in [2.24, 2.45) is 0 Å². The van der Waals surface area contributed by atoms with Crippen LogP contribution in [0.15, 0.2) is 60.7 Å². The maximum absolute atomic E-state index is 12.8. The van der Waals surface area contributed by atoms with Crippen LogP contribution in [0.3, 0.4) is 0 Å². The number of hydrogen-bond donors (Lipinski definition) is 1. The van der Waals surface area contributed by atoms with Crippen LogP contribution in [-0.2, 0) is 9.59 Å². The van der Waals surface area contributed by atoms with Crippen molar-refractivity contribution in [1.29, 1.82) is 0 Å². The fraction of sp³-hybridized carbons (Fsp3) is 0.217. The number of likely N-dealkylation sites (tertiary alicyclic amines) is 1. The third kappa shape index (κ3) is 3.91. The van der Waals surface area contributed by atoms with E-state index in [9.17, 15) is 14.7 Å².